The van der Waals surface area contributed by atoms with Crippen molar-refractivity contribution in [1.82, 2.24) is 15.5 Å². The van der Waals surface area contributed by atoms with Gasteiger partial charge in [-0.3, -0.25) is 19.8 Å². The molecule has 21 heavy (non-hydrogen) atoms. The van der Waals surface area contributed by atoms with Crippen molar-refractivity contribution in [2.45, 2.75) is 50.6 Å². The molecular weight excluding hydrogens is 274 g/mol. The molecule has 1 aliphatic heterocycles. The average molecular weight is 297 g/mol. The Balaban J connectivity index is 1.78. The molecule has 2 rings (SSSR count). The molecule has 1 aliphatic carbocycles. The fraction of sp³-hybridized carbons (Fsp3) is 0.786. The molecule has 2 fully saturated rings. The van der Waals surface area contributed by atoms with E-state index in [4.69, 9.17) is 4.74 Å². The van der Waals surface area contributed by atoms with Crippen LogP contribution in [-0.4, -0.2) is 55.1 Å². The molecule has 0 radical (unpaired) electrons. The van der Waals surface area contributed by atoms with Gasteiger partial charge in [0.2, 0.25) is 5.91 Å². The summed E-state index contributed by atoms with van der Waals surface area (Å²) in [6, 6.07) is -0.188. The number of methoxy groups -OCH3 is 1. The van der Waals surface area contributed by atoms with Crippen LogP contribution in [0.3, 0.4) is 0 Å². The quantitative estimate of drug-likeness (QED) is 0.717. The van der Waals surface area contributed by atoms with Crippen LogP contribution in [0.4, 0.5) is 4.79 Å². The van der Waals surface area contributed by atoms with Crippen LogP contribution < -0.4 is 10.6 Å². The monoisotopic (exact) mass is 297 g/mol. The van der Waals surface area contributed by atoms with E-state index in [0.29, 0.717) is 0 Å². The zero-order valence-corrected chi connectivity index (χ0v) is 12.4. The number of hydrogen-bond donors (Lipinski definition) is 2. The molecule has 1 saturated carbocycles. The number of carbonyl (C=O) groups is 3. The van der Waals surface area contributed by atoms with E-state index < -0.39 is 6.03 Å². The number of likely N-dealkylation sites (tertiary alicyclic amines) is 1. The minimum atomic E-state index is -0.427. The van der Waals surface area contributed by atoms with Crippen molar-refractivity contribution < 1.29 is 19.1 Å². The average Bonchev–Trinajstić information content (AvgIpc) is 3.24. The number of carbonyl (C=O) groups excluding carboxylic acids is 3. The van der Waals surface area contributed by atoms with Crippen LogP contribution in [0.5, 0.6) is 0 Å². The van der Waals surface area contributed by atoms with Crippen molar-refractivity contribution in [2.75, 3.05) is 20.2 Å². The fourth-order valence-corrected chi connectivity index (χ4v) is 2.57. The maximum atomic E-state index is 11.9. The molecule has 1 atom stereocenters. The number of esters is 1. The highest BCUT2D eigenvalue weighted by Gasteiger charge is 2.28. The predicted octanol–water partition coefficient (Wildman–Crippen LogP) is 0.392. The smallest absolute Gasteiger partial charge is 0.321 e. The maximum Gasteiger partial charge on any atom is 0.321 e. The zero-order chi connectivity index (χ0) is 15.2. The van der Waals surface area contributed by atoms with Gasteiger partial charge in [-0.15, -0.1) is 0 Å². The van der Waals surface area contributed by atoms with Crippen LogP contribution in [0.25, 0.3) is 0 Å². The van der Waals surface area contributed by atoms with Crippen LogP contribution in [0, 0.1) is 0 Å². The standard InChI is InChI=1S/C14H23N3O4/c1-21-13(19)8-11-4-2-3-7-17(11)9-12(18)16-14(20)15-10-5-6-10/h10-11H,2-9H2,1H3,(H2,15,16,18,20). The maximum absolute atomic E-state index is 11.9. The van der Waals surface area contributed by atoms with Gasteiger partial charge in [0.05, 0.1) is 20.1 Å². The second kappa shape index (κ2) is 7.40. The third-order valence-electron chi connectivity index (χ3n) is 3.89. The number of ether oxygens (including phenoxy) is 1. The summed E-state index contributed by atoms with van der Waals surface area (Å²) in [7, 11) is 1.37. The number of amides is 3. The number of imide groups is 1. The summed E-state index contributed by atoms with van der Waals surface area (Å²) in [5, 5.41) is 5.05. The van der Waals surface area contributed by atoms with Crippen molar-refractivity contribution in [3.63, 3.8) is 0 Å². The molecule has 1 saturated heterocycles. The van der Waals surface area contributed by atoms with Gasteiger partial charge in [-0.05, 0) is 32.2 Å². The van der Waals surface area contributed by atoms with Gasteiger partial charge in [0, 0.05) is 12.1 Å². The molecule has 7 nitrogen and oxygen atoms in total. The van der Waals surface area contributed by atoms with Gasteiger partial charge >= 0.3 is 12.0 Å². The second-order valence-electron chi connectivity index (χ2n) is 5.70. The molecule has 2 aliphatic rings. The molecule has 0 aromatic carbocycles. The molecule has 2 N–H and O–H groups in total. The van der Waals surface area contributed by atoms with Crippen molar-refractivity contribution in [1.29, 1.82) is 0 Å². The van der Waals surface area contributed by atoms with Gasteiger partial charge in [-0.2, -0.15) is 0 Å². The van der Waals surface area contributed by atoms with E-state index >= 15 is 0 Å². The summed E-state index contributed by atoms with van der Waals surface area (Å²) in [4.78, 5) is 36.8. The van der Waals surface area contributed by atoms with Gasteiger partial charge in [0.15, 0.2) is 0 Å². The number of piperidine rings is 1. The van der Waals surface area contributed by atoms with Gasteiger partial charge in [0.25, 0.3) is 0 Å². The highest BCUT2D eigenvalue weighted by molar-refractivity contribution is 5.95. The number of nitrogens with zero attached hydrogens (tertiary/aromatic N) is 1. The molecular formula is C14H23N3O4. The lowest BCUT2D eigenvalue weighted by atomic mass is 9.99. The van der Waals surface area contributed by atoms with E-state index in [-0.39, 0.29) is 36.9 Å². The summed E-state index contributed by atoms with van der Waals surface area (Å²) in [6.07, 6.45) is 5.17. The number of hydrogen-bond acceptors (Lipinski definition) is 5. The Morgan fingerprint density at radius 1 is 1.19 bits per heavy atom. The SMILES string of the molecule is COC(=O)CC1CCCCN1CC(=O)NC(=O)NC1CC1. The lowest BCUT2D eigenvalue weighted by molar-refractivity contribution is -0.143. The van der Waals surface area contributed by atoms with Crippen LogP contribution in [0.15, 0.2) is 0 Å². The fourth-order valence-electron chi connectivity index (χ4n) is 2.57. The molecule has 0 aromatic rings. The second-order valence-corrected chi connectivity index (χ2v) is 5.70. The van der Waals surface area contributed by atoms with Crippen LogP contribution in [0.1, 0.15) is 38.5 Å². The molecule has 0 bridgehead atoms. The van der Waals surface area contributed by atoms with E-state index in [1.54, 1.807) is 0 Å². The summed E-state index contributed by atoms with van der Waals surface area (Å²) in [6.45, 7) is 0.902. The molecule has 7 heteroatoms. The van der Waals surface area contributed by atoms with E-state index in [1.807, 2.05) is 4.90 Å². The van der Waals surface area contributed by atoms with E-state index in [1.165, 1.54) is 7.11 Å². The van der Waals surface area contributed by atoms with Crippen LogP contribution >= 0.6 is 0 Å². The molecule has 0 spiro atoms. The predicted molar refractivity (Wildman–Crippen MR) is 75.5 cm³/mol. The number of urea groups is 1. The Kier molecular flexibility index (Phi) is 5.55. The van der Waals surface area contributed by atoms with Crippen molar-refractivity contribution in [2.24, 2.45) is 0 Å². The van der Waals surface area contributed by atoms with Crippen LogP contribution in [0.2, 0.25) is 0 Å². The zero-order valence-electron chi connectivity index (χ0n) is 12.4. The molecule has 1 unspecified atom stereocenters. The van der Waals surface area contributed by atoms with E-state index in [2.05, 4.69) is 10.6 Å². The number of rotatable bonds is 5. The Hall–Kier alpha value is -1.63. The first-order valence-electron chi connectivity index (χ1n) is 7.49. The Morgan fingerprint density at radius 3 is 2.62 bits per heavy atom. The molecule has 0 aromatic heterocycles. The Labute approximate surface area is 124 Å². The Bertz CT molecular complexity index is 409. The van der Waals surface area contributed by atoms with E-state index in [9.17, 15) is 14.4 Å². The minimum Gasteiger partial charge on any atom is -0.469 e. The van der Waals surface area contributed by atoms with Crippen molar-refractivity contribution in [3.05, 3.63) is 0 Å². The lowest BCUT2D eigenvalue weighted by Gasteiger charge is -2.34. The van der Waals surface area contributed by atoms with Crippen LogP contribution in [-0.2, 0) is 14.3 Å². The molecule has 118 valence electrons. The summed E-state index contributed by atoms with van der Waals surface area (Å²) in [5.74, 6) is -0.594. The topological polar surface area (TPSA) is 87.7 Å². The molecule has 3 amide bonds. The first-order valence-corrected chi connectivity index (χ1v) is 7.49. The lowest BCUT2D eigenvalue weighted by Crippen LogP contribution is -2.49. The molecule has 1 heterocycles. The summed E-state index contributed by atoms with van der Waals surface area (Å²) < 4.78 is 4.69. The van der Waals surface area contributed by atoms with E-state index in [0.717, 1.165) is 38.6 Å². The third kappa shape index (κ3) is 5.34. The Morgan fingerprint density at radius 2 is 1.95 bits per heavy atom. The van der Waals surface area contributed by atoms with Crippen molar-refractivity contribution >= 4 is 17.9 Å². The first kappa shape index (κ1) is 15.8. The first-order chi connectivity index (χ1) is 10.1. The normalized spacial score (nSPS) is 22.4. The van der Waals surface area contributed by atoms with Gasteiger partial charge in [-0.25, -0.2) is 4.79 Å². The highest BCUT2D eigenvalue weighted by Crippen LogP contribution is 2.20. The summed E-state index contributed by atoms with van der Waals surface area (Å²) in [5.41, 5.74) is 0. The summed E-state index contributed by atoms with van der Waals surface area (Å²) >= 11 is 0. The highest BCUT2D eigenvalue weighted by atomic mass is 16.5. The third-order valence-corrected chi connectivity index (χ3v) is 3.89. The van der Waals surface area contributed by atoms with Gasteiger partial charge in [0.1, 0.15) is 0 Å². The largest absolute Gasteiger partial charge is 0.469 e. The van der Waals surface area contributed by atoms with Gasteiger partial charge in [-0.1, -0.05) is 6.42 Å². The number of nitrogens with one attached hydrogen (secondary N) is 2. The van der Waals surface area contributed by atoms with Gasteiger partial charge < -0.3 is 10.1 Å². The van der Waals surface area contributed by atoms with Crippen molar-refractivity contribution in [3.8, 4) is 0 Å². The minimum absolute atomic E-state index is 0.0171.